The van der Waals surface area contributed by atoms with Crippen LogP contribution in [0, 0.1) is 6.92 Å². The average Bonchev–Trinajstić information content (AvgIpc) is 2.82. The fraction of sp³-hybridized carbons (Fsp3) is 0.214. The molecule has 94 valence electrons. The summed E-state index contributed by atoms with van der Waals surface area (Å²) in [6, 6.07) is 7.19. The number of nitrogens with one attached hydrogen (secondary N) is 1. The number of nitrogens with two attached hydrogens (primary N) is 1. The van der Waals surface area contributed by atoms with E-state index in [0.717, 1.165) is 5.56 Å². The summed E-state index contributed by atoms with van der Waals surface area (Å²) < 4.78 is 5.23. The second-order valence-corrected chi connectivity index (χ2v) is 4.16. The van der Waals surface area contributed by atoms with Crippen molar-refractivity contribution in [3.8, 4) is 0 Å². The van der Waals surface area contributed by atoms with Gasteiger partial charge >= 0.3 is 0 Å². The van der Waals surface area contributed by atoms with Crippen LogP contribution in [0.4, 0.5) is 11.4 Å². The normalized spacial score (nSPS) is 10.3. The van der Waals surface area contributed by atoms with Crippen LogP contribution in [0.2, 0.25) is 0 Å². The van der Waals surface area contributed by atoms with Crippen molar-refractivity contribution in [1.82, 2.24) is 0 Å². The Labute approximate surface area is 106 Å². The fourth-order valence-corrected chi connectivity index (χ4v) is 1.78. The van der Waals surface area contributed by atoms with E-state index in [-0.39, 0.29) is 5.91 Å². The summed E-state index contributed by atoms with van der Waals surface area (Å²) in [7, 11) is 0. The number of aryl methyl sites for hydroxylation is 2. The highest BCUT2D eigenvalue weighted by molar-refractivity contribution is 6.06. The van der Waals surface area contributed by atoms with E-state index >= 15 is 0 Å². The minimum Gasteiger partial charge on any atom is -0.469 e. The van der Waals surface area contributed by atoms with Crippen LogP contribution in [-0.4, -0.2) is 5.91 Å². The zero-order valence-electron chi connectivity index (χ0n) is 10.5. The number of hydrogen-bond acceptors (Lipinski definition) is 3. The zero-order chi connectivity index (χ0) is 13.1. The fourth-order valence-electron chi connectivity index (χ4n) is 1.78. The Balaban J connectivity index is 2.24. The van der Waals surface area contributed by atoms with Crippen LogP contribution in [0.15, 0.2) is 34.9 Å². The molecule has 0 aliphatic carbocycles. The molecule has 0 aliphatic heterocycles. The van der Waals surface area contributed by atoms with Crippen molar-refractivity contribution in [3.63, 3.8) is 0 Å². The lowest BCUT2D eigenvalue weighted by Crippen LogP contribution is -2.14. The highest BCUT2D eigenvalue weighted by atomic mass is 16.3. The molecule has 0 atom stereocenters. The Bertz CT molecular complexity index is 573. The van der Waals surface area contributed by atoms with Crippen molar-refractivity contribution in [3.05, 3.63) is 47.4 Å². The molecule has 4 nitrogen and oxygen atoms in total. The molecule has 18 heavy (non-hydrogen) atoms. The third kappa shape index (κ3) is 2.37. The molecule has 1 aromatic heterocycles. The summed E-state index contributed by atoms with van der Waals surface area (Å²) in [6.07, 6.45) is 2.20. The summed E-state index contributed by atoms with van der Waals surface area (Å²) in [5.74, 6) is 0.483. The van der Waals surface area contributed by atoms with E-state index in [2.05, 4.69) is 5.32 Å². The molecule has 0 fully saturated rings. The van der Waals surface area contributed by atoms with Crippen molar-refractivity contribution >= 4 is 17.3 Å². The summed E-state index contributed by atoms with van der Waals surface area (Å²) in [5, 5.41) is 2.80. The molecule has 1 aromatic carbocycles. The molecular formula is C14H16N2O2. The van der Waals surface area contributed by atoms with E-state index in [9.17, 15) is 4.79 Å². The van der Waals surface area contributed by atoms with Crippen LogP contribution in [0.5, 0.6) is 0 Å². The number of carbonyl (C=O) groups is 1. The first-order valence-electron chi connectivity index (χ1n) is 5.85. The quantitative estimate of drug-likeness (QED) is 0.815. The molecule has 2 rings (SSSR count). The van der Waals surface area contributed by atoms with Crippen molar-refractivity contribution in [2.75, 3.05) is 11.1 Å². The number of amides is 1. The smallest absolute Gasteiger partial charge is 0.259 e. The molecule has 0 radical (unpaired) electrons. The van der Waals surface area contributed by atoms with Crippen LogP contribution < -0.4 is 11.1 Å². The largest absolute Gasteiger partial charge is 0.469 e. The third-order valence-electron chi connectivity index (χ3n) is 2.77. The molecular weight excluding hydrogens is 228 g/mol. The lowest BCUT2D eigenvalue weighted by molar-refractivity contribution is 0.102. The van der Waals surface area contributed by atoms with Crippen LogP contribution in [0.25, 0.3) is 0 Å². The van der Waals surface area contributed by atoms with Crippen LogP contribution >= 0.6 is 0 Å². The predicted molar refractivity (Wildman–Crippen MR) is 71.6 cm³/mol. The number of anilines is 2. The van der Waals surface area contributed by atoms with Gasteiger partial charge in [0.05, 0.1) is 23.2 Å². The summed E-state index contributed by atoms with van der Waals surface area (Å²) in [6.45, 7) is 3.89. The maximum Gasteiger partial charge on any atom is 0.259 e. The maximum absolute atomic E-state index is 12.1. The highest BCUT2D eigenvalue weighted by Crippen LogP contribution is 2.21. The number of benzene rings is 1. The first-order valence-corrected chi connectivity index (χ1v) is 5.85. The predicted octanol–water partition coefficient (Wildman–Crippen LogP) is 2.98. The highest BCUT2D eigenvalue weighted by Gasteiger charge is 2.14. The molecule has 0 bridgehead atoms. The molecule has 0 saturated carbocycles. The standard InChI is InChI=1S/C14H16N2O2/c1-3-13-10(6-7-18-13)14(17)16-12-8-9(2)4-5-11(12)15/h4-8H,3,15H2,1-2H3,(H,16,17). The molecule has 0 spiro atoms. The molecule has 2 aromatic rings. The first-order chi connectivity index (χ1) is 8.61. The van der Waals surface area contributed by atoms with Crippen LogP contribution in [0.1, 0.15) is 28.6 Å². The Morgan fingerprint density at radius 2 is 2.17 bits per heavy atom. The minimum absolute atomic E-state index is 0.196. The zero-order valence-corrected chi connectivity index (χ0v) is 10.5. The van der Waals surface area contributed by atoms with E-state index in [4.69, 9.17) is 10.2 Å². The van der Waals surface area contributed by atoms with Crippen molar-refractivity contribution in [2.45, 2.75) is 20.3 Å². The summed E-state index contributed by atoms with van der Waals surface area (Å²) >= 11 is 0. The van der Waals surface area contributed by atoms with E-state index in [0.29, 0.717) is 29.1 Å². The van der Waals surface area contributed by atoms with Crippen molar-refractivity contribution in [1.29, 1.82) is 0 Å². The van der Waals surface area contributed by atoms with E-state index in [1.54, 1.807) is 12.1 Å². The van der Waals surface area contributed by atoms with Gasteiger partial charge in [0, 0.05) is 6.42 Å². The Morgan fingerprint density at radius 1 is 1.39 bits per heavy atom. The Hall–Kier alpha value is -2.23. The van der Waals surface area contributed by atoms with Gasteiger partial charge in [-0.2, -0.15) is 0 Å². The average molecular weight is 244 g/mol. The topological polar surface area (TPSA) is 68.3 Å². The van der Waals surface area contributed by atoms with E-state index < -0.39 is 0 Å². The maximum atomic E-state index is 12.1. The monoisotopic (exact) mass is 244 g/mol. The van der Waals surface area contributed by atoms with Gasteiger partial charge in [0.1, 0.15) is 5.76 Å². The van der Waals surface area contributed by atoms with Gasteiger partial charge in [-0.05, 0) is 30.7 Å². The van der Waals surface area contributed by atoms with Gasteiger partial charge in [0.15, 0.2) is 0 Å². The van der Waals surface area contributed by atoms with Gasteiger partial charge in [-0.3, -0.25) is 4.79 Å². The van der Waals surface area contributed by atoms with Gasteiger partial charge in [0.2, 0.25) is 0 Å². The van der Waals surface area contributed by atoms with E-state index in [1.807, 2.05) is 26.0 Å². The molecule has 3 N–H and O–H groups in total. The number of rotatable bonds is 3. The lowest BCUT2D eigenvalue weighted by Gasteiger charge is -2.08. The Morgan fingerprint density at radius 3 is 2.89 bits per heavy atom. The number of carbonyl (C=O) groups excluding carboxylic acids is 1. The van der Waals surface area contributed by atoms with Gasteiger partial charge in [-0.1, -0.05) is 13.0 Å². The van der Waals surface area contributed by atoms with E-state index in [1.165, 1.54) is 6.26 Å². The second-order valence-electron chi connectivity index (χ2n) is 4.16. The molecule has 4 heteroatoms. The van der Waals surface area contributed by atoms with Crippen LogP contribution in [0.3, 0.4) is 0 Å². The SMILES string of the molecule is CCc1occc1C(=O)Nc1cc(C)ccc1N. The van der Waals surface area contributed by atoms with Gasteiger partial charge in [-0.15, -0.1) is 0 Å². The Kier molecular flexibility index (Phi) is 3.37. The molecule has 0 saturated heterocycles. The number of hydrogen-bond donors (Lipinski definition) is 2. The van der Waals surface area contributed by atoms with Gasteiger partial charge < -0.3 is 15.5 Å². The minimum atomic E-state index is -0.196. The molecule has 1 heterocycles. The van der Waals surface area contributed by atoms with Crippen molar-refractivity contribution < 1.29 is 9.21 Å². The molecule has 1 amide bonds. The number of nitrogen functional groups attached to an aromatic ring is 1. The summed E-state index contributed by atoms with van der Waals surface area (Å²) in [5.41, 5.74) is 8.60. The van der Waals surface area contributed by atoms with Crippen LogP contribution in [-0.2, 0) is 6.42 Å². The van der Waals surface area contributed by atoms with Gasteiger partial charge in [0.25, 0.3) is 5.91 Å². The van der Waals surface area contributed by atoms with Crippen molar-refractivity contribution in [2.24, 2.45) is 0 Å². The second kappa shape index (κ2) is 4.96. The molecule has 0 unspecified atom stereocenters. The third-order valence-corrected chi connectivity index (χ3v) is 2.77. The first kappa shape index (κ1) is 12.2. The number of furan rings is 1. The van der Waals surface area contributed by atoms with Gasteiger partial charge in [-0.25, -0.2) is 0 Å². The lowest BCUT2D eigenvalue weighted by atomic mass is 10.1. The summed E-state index contributed by atoms with van der Waals surface area (Å²) in [4.78, 5) is 12.1. The molecule has 0 aliphatic rings.